The highest BCUT2D eigenvalue weighted by Gasteiger charge is 2.38. The van der Waals surface area contributed by atoms with Gasteiger partial charge in [-0.15, -0.1) is 11.8 Å². The van der Waals surface area contributed by atoms with Crippen molar-refractivity contribution in [3.63, 3.8) is 0 Å². The Labute approximate surface area is 205 Å². The quantitative estimate of drug-likeness (QED) is 0.268. The van der Waals surface area contributed by atoms with Crippen LogP contribution >= 0.6 is 11.8 Å². The molecule has 186 valence electrons. The molecule has 0 radical (unpaired) electrons. The van der Waals surface area contributed by atoms with Crippen LogP contribution in [0.1, 0.15) is 29.5 Å². The fraction of sp³-hybridized carbons (Fsp3) is 0.360. The summed E-state index contributed by atoms with van der Waals surface area (Å²) in [5, 5.41) is 2.99. The highest BCUT2D eigenvalue weighted by Crippen LogP contribution is 2.38. The second kappa shape index (κ2) is 10.8. The summed E-state index contributed by atoms with van der Waals surface area (Å²) in [4.78, 5) is 10.3. The van der Waals surface area contributed by atoms with E-state index in [0.717, 1.165) is 22.4 Å². The van der Waals surface area contributed by atoms with Crippen LogP contribution in [0.4, 0.5) is 39.4 Å². The molecular formula is C25H25F5N4S. The first-order valence-electron chi connectivity index (χ1n) is 11.2. The maximum Gasteiger partial charge on any atom is 0.421 e. The molecule has 10 heteroatoms. The fourth-order valence-electron chi connectivity index (χ4n) is 4.01. The Morgan fingerprint density at radius 1 is 1.14 bits per heavy atom. The molecule has 0 saturated carbocycles. The van der Waals surface area contributed by atoms with E-state index in [4.69, 9.17) is 0 Å². The second-order valence-corrected chi connectivity index (χ2v) is 9.54. The number of halogens is 5. The predicted molar refractivity (Wildman–Crippen MR) is 128 cm³/mol. The van der Waals surface area contributed by atoms with Crippen LogP contribution < -0.4 is 10.2 Å². The number of hydrogen-bond donors (Lipinski definition) is 1. The molecule has 1 fully saturated rings. The molecule has 1 atom stereocenters. The number of anilines is 3. The maximum absolute atomic E-state index is 13.6. The van der Waals surface area contributed by atoms with Gasteiger partial charge in [0.1, 0.15) is 11.4 Å². The van der Waals surface area contributed by atoms with Crippen LogP contribution in [0.3, 0.4) is 0 Å². The highest BCUT2D eigenvalue weighted by atomic mass is 32.2. The van der Waals surface area contributed by atoms with Crippen molar-refractivity contribution >= 4 is 29.2 Å². The summed E-state index contributed by atoms with van der Waals surface area (Å²) in [6, 6.07) is 15.8. The summed E-state index contributed by atoms with van der Waals surface area (Å²) in [5.41, 5.74) is 1.71. The molecule has 2 heterocycles. The number of nitrogens with one attached hydrogen (secondary N) is 1. The van der Waals surface area contributed by atoms with E-state index >= 15 is 0 Å². The summed E-state index contributed by atoms with van der Waals surface area (Å²) >= 11 is 1.68. The number of nitrogens with zero attached hydrogens (tertiary/aromatic N) is 3. The molecule has 1 N–H and O–H groups in total. The van der Waals surface area contributed by atoms with E-state index in [2.05, 4.69) is 27.4 Å². The largest absolute Gasteiger partial charge is 0.421 e. The Bertz CT molecular complexity index is 1140. The zero-order valence-electron chi connectivity index (χ0n) is 19.0. The third kappa shape index (κ3) is 6.42. The lowest BCUT2D eigenvalue weighted by molar-refractivity contribution is -0.137. The molecule has 3 aromatic rings. The fourth-order valence-corrected chi connectivity index (χ4v) is 4.96. The molecule has 0 bridgehead atoms. The zero-order chi connectivity index (χ0) is 25.0. The van der Waals surface area contributed by atoms with Crippen LogP contribution in [0.5, 0.6) is 0 Å². The first-order valence-corrected chi connectivity index (χ1v) is 12.2. The second-order valence-electron chi connectivity index (χ2n) is 8.49. The minimum absolute atomic E-state index is 0.0139. The number of alkyl halides is 5. The van der Waals surface area contributed by atoms with Crippen molar-refractivity contribution in [1.29, 1.82) is 0 Å². The van der Waals surface area contributed by atoms with E-state index in [0.29, 0.717) is 12.1 Å². The summed E-state index contributed by atoms with van der Waals surface area (Å²) in [6.07, 6.45) is -5.91. The summed E-state index contributed by atoms with van der Waals surface area (Å²) in [7, 11) is 0. The molecule has 0 amide bonds. The number of piperidine rings is 1. The molecule has 0 aliphatic carbocycles. The van der Waals surface area contributed by atoms with Gasteiger partial charge >= 0.3 is 6.18 Å². The number of hydrogen-bond acceptors (Lipinski definition) is 5. The van der Waals surface area contributed by atoms with E-state index < -0.39 is 24.1 Å². The van der Waals surface area contributed by atoms with E-state index in [1.807, 2.05) is 43.3 Å². The van der Waals surface area contributed by atoms with Gasteiger partial charge in [0.15, 0.2) is 0 Å². The Balaban J connectivity index is 1.53. The Morgan fingerprint density at radius 3 is 2.60 bits per heavy atom. The average Bonchev–Trinajstić information content (AvgIpc) is 2.84. The van der Waals surface area contributed by atoms with Crippen LogP contribution in [-0.2, 0) is 11.9 Å². The van der Waals surface area contributed by atoms with Gasteiger partial charge in [0.05, 0.1) is 0 Å². The van der Waals surface area contributed by atoms with Crippen molar-refractivity contribution in [2.45, 2.75) is 43.0 Å². The molecule has 1 aliphatic heterocycles. The van der Waals surface area contributed by atoms with Crippen molar-refractivity contribution < 1.29 is 22.0 Å². The average molecular weight is 509 g/mol. The van der Waals surface area contributed by atoms with Crippen LogP contribution in [0, 0.1) is 12.8 Å². The van der Waals surface area contributed by atoms with Crippen LogP contribution in [0.2, 0.25) is 0 Å². The maximum atomic E-state index is 13.6. The summed E-state index contributed by atoms with van der Waals surface area (Å²) in [5.74, 6) is -0.555. The van der Waals surface area contributed by atoms with Crippen LogP contribution in [-0.4, -0.2) is 29.5 Å². The van der Waals surface area contributed by atoms with Crippen molar-refractivity contribution in [2.75, 3.05) is 23.3 Å². The van der Waals surface area contributed by atoms with E-state index in [1.54, 1.807) is 11.8 Å². The van der Waals surface area contributed by atoms with Gasteiger partial charge in [-0.1, -0.05) is 30.3 Å². The number of aromatic nitrogens is 2. The Hall–Kier alpha value is -2.88. The Morgan fingerprint density at radius 2 is 1.91 bits per heavy atom. The lowest BCUT2D eigenvalue weighted by Crippen LogP contribution is -2.39. The molecule has 4 nitrogen and oxygen atoms in total. The third-order valence-corrected chi connectivity index (χ3v) is 6.95. The van der Waals surface area contributed by atoms with Gasteiger partial charge in [-0.05, 0) is 49.1 Å². The Kier molecular flexibility index (Phi) is 7.78. The number of aryl methyl sites for hydroxylation is 1. The number of benzene rings is 2. The standard InChI is InChI=1S/C25H25F5N4S/c1-16-12-19(35-15-17-6-3-2-4-7-17)9-10-21(16)32-24-31-13-20(25(28,29)30)23(33-24)34-11-5-8-18(14-34)22(26)27/h2-4,6-7,9-10,12-13,18,22H,5,8,11,14-15H2,1H3,(H,31,32,33)/t18-/m1/s1. The molecule has 0 spiro atoms. The molecule has 1 aliphatic rings. The van der Waals surface area contributed by atoms with Crippen molar-refractivity contribution in [2.24, 2.45) is 5.92 Å². The van der Waals surface area contributed by atoms with Gasteiger partial charge in [0, 0.05) is 41.5 Å². The van der Waals surface area contributed by atoms with Gasteiger partial charge < -0.3 is 10.2 Å². The molecule has 2 aromatic carbocycles. The smallest absolute Gasteiger partial charge is 0.355 e. The van der Waals surface area contributed by atoms with Gasteiger partial charge in [0.2, 0.25) is 12.4 Å². The van der Waals surface area contributed by atoms with Gasteiger partial charge in [-0.3, -0.25) is 0 Å². The van der Waals surface area contributed by atoms with Gasteiger partial charge in [-0.2, -0.15) is 18.2 Å². The monoisotopic (exact) mass is 508 g/mol. The van der Waals surface area contributed by atoms with Crippen LogP contribution in [0.15, 0.2) is 59.6 Å². The number of rotatable bonds is 7. The molecular weight excluding hydrogens is 483 g/mol. The van der Waals surface area contributed by atoms with E-state index in [-0.39, 0.29) is 31.3 Å². The normalized spacial score (nSPS) is 16.5. The van der Waals surface area contributed by atoms with E-state index in [9.17, 15) is 22.0 Å². The molecule has 35 heavy (non-hydrogen) atoms. The van der Waals surface area contributed by atoms with Crippen molar-refractivity contribution in [3.05, 3.63) is 71.4 Å². The third-order valence-electron chi connectivity index (χ3n) is 5.88. The lowest BCUT2D eigenvalue weighted by Gasteiger charge is -2.34. The molecule has 0 unspecified atom stereocenters. The molecule has 4 rings (SSSR count). The highest BCUT2D eigenvalue weighted by molar-refractivity contribution is 7.98. The number of thioether (sulfide) groups is 1. The summed E-state index contributed by atoms with van der Waals surface area (Å²) in [6.45, 7) is 1.94. The van der Waals surface area contributed by atoms with Crippen LogP contribution in [0.25, 0.3) is 0 Å². The predicted octanol–water partition coefficient (Wildman–Crippen LogP) is 7.32. The molecule has 1 saturated heterocycles. The first kappa shape index (κ1) is 25.2. The van der Waals surface area contributed by atoms with Crippen molar-refractivity contribution in [1.82, 2.24) is 9.97 Å². The lowest BCUT2D eigenvalue weighted by atomic mass is 9.98. The van der Waals surface area contributed by atoms with Crippen molar-refractivity contribution in [3.8, 4) is 0 Å². The summed E-state index contributed by atoms with van der Waals surface area (Å²) < 4.78 is 67.4. The minimum Gasteiger partial charge on any atom is -0.355 e. The zero-order valence-corrected chi connectivity index (χ0v) is 19.8. The topological polar surface area (TPSA) is 41.1 Å². The first-order chi connectivity index (χ1) is 16.7. The SMILES string of the molecule is Cc1cc(SCc2ccccc2)ccc1Nc1ncc(C(F)(F)F)c(N2CCC[C@@H](C(F)F)C2)n1. The van der Waals surface area contributed by atoms with Gasteiger partial charge in [0.25, 0.3) is 0 Å². The van der Waals surface area contributed by atoms with E-state index in [1.165, 1.54) is 10.5 Å². The van der Waals surface area contributed by atoms with Gasteiger partial charge in [-0.25, -0.2) is 13.8 Å². The minimum atomic E-state index is -4.70. The molecule has 1 aromatic heterocycles.